The number of hydrogen-bond donors (Lipinski definition) is 1. The molecule has 3 heterocycles. The third kappa shape index (κ3) is 4.77. The molecule has 1 saturated heterocycles. The fourth-order valence-corrected chi connectivity index (χ4v) is 4.83. The van der Waals surface area contributed by atoms with Crippen LogP contribution in [0, 0.1) is 3.70 Å². The fraction of sp³-hybridized carbons (Fsp3) is 0.478. The second-order valence-electron chi connectivity index (χ2n) is 9.18. The van der Waals surface area contributed by atoms with Crippen molar-refractivity contribution in [3.05, 3.63) is 33.5 Å². The van der Waals surface area contributed by atoms with Crippen molar-refractivity contribution in [3.8, 4) is 17.0 Å². The molecule has 0 saturated carbocycles. The number of piperidine rings is 1. The molecule has 10 heteroatoms. The molecule has 0 radical (unpaired) electrons. The molecule has 1 N–H and O–H groups in total. The number of likely N-dealkylation sites (tertiary alicyclic amines) is 1. The molecule has 0 aliphatic carbocycles. The number of carboxylic acid groups (broad SMARTS) is 1. The lowest BCUT2D eigenvalue weighted by Crippen LogP contribution is -2.38. The molecule has 1 aromatic carbocycles. The Kier molecular flexibility index (Phi) is 6.76. The first kappa shape index (κ1) is 23.7. The van der Waals surface area contributed by atoms with E-state index in [1.165, 1.54) is 4.90 Å². The molecule has 2 aromatic heterocycles. The average Bonchev–Trinajstić information content (AvgIpc) is 3.12. The zero-order valence-electron chi connectivity index (χ0n) is 19.2. The number of fused-ring (bicyclic) bond motifs is 1. The molecule has 1 aliphatic heterocycles. The van der Waals surface area contributed by atoms with Crippen LogP contribution in [0.2, 0.25) is 0 Å². The van der Waals surface area contributed by atoms with Gasteiger partial charge in [-0.15, -0.1) is 10.2 Å². The summed E-state index contributed by atoms with van der Waals surface area (Å²) in [6.45, 7) is 7.54. The summed E-state index contributed by atoms with van der Waals surface area (Å²) >= 11 is 2.18. The number of para-hydroxylation sites is 1. The third-order valence-electron chi connectivity index (χ3n) is 5.91. The molecule has 1 aliphatic rings. The van der Waals surface area contributed by atoms with Gasteiger partial charge in [0.25, 0.3) is 0 Å². The fourth-order valence-electron chi connectivity index (χ4n) is 4.21. The predicted octanol–water partition coefficient (Wildman–Crippen LogP) is 4.69. The minimum Gasteiger partial charge on any atom is -0.467 e. The SMILES string of the molecule is COCOc1c(-c2cc3c(nn2)c(I)nn3C2CCN(C(=O)O)CC2)cccc1C(C)(C)C. The molecular weight excluding hydrogens is 537 g/mol. The van der Waals surface area contributed by atoms with Gasteiger partial charge in [-0.3, -0.25) is 4.68 Å². The molecule has 3 aromatic rings. The Morgan fingerprint density at radius 1 is 1.24 bits per heavy atom. The molecule has 0 spiro atoms. The number of aromatic nitrogens is 4. The molecule has 176 valence electrons. The van der Waals surface area contributed by atoms with Gasteiger partial charge in [-0.25, -0.2) is 4.79 Å². The van der Waals surface area contributed by atoms with Crippen LogP contribution in [-0.4, -0.2) is 63.1 Å². The lowest BCUT2D eigenvalue weighted by atomic mass is 9.85. The number of nitrogens with zero attached hydrogens (tertiary/aromatic N) is 5. The van der Waals surface area contributed by atoms with Gasteiger partial charge in [-0.2, -0.15) is 5.10 Å². The summed E-state index contributed by atoms with van der Waals surface area (Å²) in [6, 6.07) is 8.15. The van der Waals surface area contributed by atoms with E-state index < -0.39 is 6.09 Å². The van der Waals surface area contributed by atoms with Gasteiger partial charge in [0.15, 0.2) is 10.5 Å². The number of halogens is 1. The lowest BCUT2D eigenvalue weighted by molar-refractivity contribution is 0.0502. The van der Waals surface area contributed by atoms with Gasteiger partial charge < -0.3 is 19.5 Å². The first-order valence-corrected chi connectivity index (χ1v) is 11.9. The van der Waals surface area contributed by atoms with Gasteiger partial charge in [0.05, 0.1) is 17.3 Å². The molecule has 9 nitrogen and oxygen atoms in total. The van der Waals surface area contributed by atoms with Crippen LogP contribution < -0.4 is 4.74 Å². The number of rotatable bonds is 5. The highest BCUT2D eigenvalue weighted by atomic mass is 127. The summed E-state index contributed by atoms with van der Waals surface area (Å²) in [5.41, 5.74) is 4.09. The summed E-state index contributed by atoms with van der Waals surface area (Å²) in [6.07, 6.45) is 0.542. The smallest absolute Gasteiger partial charge is 0.407 e. The second kappa shape index (κ2) is 9.41. The molecule has 0 bridgehead atoms. The predicted molar refractivity (Wildman–Crippen MR) is 133 cm³/mol. The largest absolute Gasteiger partial charge is 0.467 e. The van der Waals surface area contributed by atoms with Crippen molar-refractivity contribution < 1.29 is 19.4 Å². The highest BCUT2D eigenvalue weighted by Crippen LogP contribution is 2.39. The second-order valence-corrected chi connectivity index (χ2v) is 10.2. The van der Waals surface area contributed by atoms with Gasteiger partial charge in [0.2, 0.25) is 0 Å². The summed E-state index contributed by atoms with van der Waals surface area (Å²) < 4.78 is 14.0. The van der Waals surface area contributed by atoms with E-state index >= 15 is 0 Å². The number of carbonyl (C=O) groups is 1. The number of hydrogen-bond acceptors (Lipinski definition) is 6. The maximum atomic E-state index is 11.3. The van der Waals surface area contributed by atoms with Gasteiger partial charge in [-0.1, -0.05) is 32.9 Å². The Bertz CT molecular complexity index is 1170. The van der Waals surface area contributed by atoms with Gasteiger partial charge in [-0.05, 0) is 53.0 Å². The summed E-state index contributed by atoms with van der Waals surface area (Å²) in [7, 11) is 1.60. The Labute approximate surface area is 206 Å². The third-order valence-corrected chi connectivity index (χ3v) is 6.64. The van der Waals surface area contributed by atoms with Gasteiger partial charge in [0.1, 0.15) is 11.3 Å². The van der Waals surface area contributed by atoms with Crippen molar-refractivity contribution in [2.75, 3.05) is 27.0 Å². The minimum atomic E-state index is -0.871. The van der Waals surface area contributed by atoms with E-state index in [0.29, 0.717) is 31.6 Å². The summed E-state index contributed by atoms with van der Waals surface area (Å²) in [5, 5.41) is 23.0. The molecule has 1 amide bonds. The Morgan fingerprint density at radius 3 is 2.61 bits per heavy atom. The monoisotopic (exact) mass is 565 g/mol. The maximum Gasteiger partial charge on any atom is 0.407 e. The van der Waals surface area contributed by atoms with Crippen LogP contribution in [0.25, 0.3) is 22.3 Å². The van der Waals surface area contributed by atoms with Crippen LogP contribution in [0.5, 0.6) is 5.75 Å². The molecule has 1 fully saturated rings. The van der Waals surface area contributed by atoms with Crippen LogP contribution >= 0.6 is 22.6 Å². The molecule has 4 rings (SSSR count). The van der Waals surface area contributed by atoms with E-state index in [9.17, 15) is 9.90 Å². The van der Waals surface area contributed by atoms with E-state index in [0.717, 1.165) is 31.6 Å². The van der Waals surface area contributed by atoms with Crippen molar-refractivity contribution in [3.63, 3.8) is 0 Å². The first-order valence-electron chi connectivity index (χ1n) is 10.9. The molecular formula is C23H28IN5O4. The topological polar surface area (TPSA) is 103 Å². The van der Waals surface area contributed by atoms with Crippen molar-refractivity contribution in [2.24, 2.45) is 0 Å². The quantitative estimate of drug-likeness (QED) is 0.354. The Hall–Kier alpha value is -2.47. The van der Waals surface area contributed by atoms with Crippen molar-refractivity contribution in [1.82, 2.24) is 24.9 Å². The lowest BCUT2D eigenvalue weighted by Gasteiger charge is -2.30. The number of ether oxygens (including phenoxy) is 2. The highest BCUT2D eigenvalue weighted by molar-refractivity contribution is 14.1. The van der Waals surface area contributed by atoms with Crippen molar-refractivity contribution in [2.45, 2.75) is 45.1 Å². The zero-order valence-corrected chi connectivity index (χ0v) is 21.4. The molecule has 0 unspecified atom stereocenters. The average molecular weight is 565 g/mol. The zero-order chi connectivity index (χ0) is 23.8. The standard InChI is InChI=1S/C23H28IN5O4/c1-23(2,3)16-7-5-6-15(20(16)33-13-32-4)17-12-18-19(26-25-17)21(24)27-29(18)14-8-10-28(11-9-14)22(30)31/h5-7,12,14H,8-11,13H2,1-4H3,(H,30,31). The van der Waals surface area contributed by atoms with Crippen LogP contribution in [0.15, 0.2) is 24.3 Å². The number of methoxy groups -OCH3 is 1. The van der Waals surface area contributed by atoms with Crippen molar-refractivity contribution in [1.29, 1.82) is 0 Å². The van der Waals surface area contributed by atoms with Crippen LogP contribution in [0.4, 0.5) is 4.79 Å². The van der Waals surface area contributed by atoms with Gasteiger partial charge in [0, 0.05) is 31.3 Å². The van der Waals surface area contributed by atoms with E-state index in [4.69, 9.17) is 14.6 Å². The summed E-state index contributed by atoms with van der Waals surface area (Å²) in [4.78, 5) is 12.7. The minimum absolute atomic E-state index is 0.105. The molecule has 33 heavy (non-hydrogen) atoms. The van der Waals surface area contributed by atoms with Crippen molar-refractivity contribution >= 4 is 39.7 Å². The number of benzene rings is 1. The van der Waals surface area contributed by atoms with Crippen LogP contribution in [-0.2, 0) is 10.2 Å². The van der Waals surface area contributed by atoms with E-state index in [-0.39, 0.29) is 18.2 Å². The molecule has 0 atom stereocenters. The maximum absolute atomic E-state index is 11.3. The van der Waals surface area contributed by atoms with E-state index in [1.54, 1.807) is 7.11 Å². The normalized spacial score (nSPS) is 15.2. The Morgan fingerprint density at radius 2 is 1.97 bits per heavy atom. The highest BCUT2D eigenvalue weighted by Gasteiger charge is 2.27. The van der Waals surface area contributed by atoms with Crippen LogP contribution in [0.3, 0.4) is 0 Å². The van der Waals surface area contributed by atoms with E-state index in [2.05, 4.69) is 59.6 Å². The van der Waals surface area contributed by atoms with Crippen LogP contribution in [0.1, 0.15) is 45.2 Å². The number of amides is 1. The van der Waals surface area contributed by atoms with E-state index in [1.807, 2.05) is 22.9 Å². The summed E-state index contributed by atoms with van der Waals surface area (Å²) in [5.74, 6) is 0.732. The first-order chi connectivity index (χ1) is 15.7. The Balaban J connectivity index is 1.78. The van der Waals surface area contributed by atoms with Gasteiger partial charge >= 0.3 is 6.09 Å².